The van der Waals surface area contributed by atoms with E-state index in [1.54, 1.807) is 6.07 Å². The third kappa shape index (κ3) is 1.14. The lowest BCUT2D eigenvalue weighted by Crippen LogP contribution is -2.25. The Labute approximate surface area is 64.8 Å². The smallest absolute Gasteiger partial charge is 0.126 e. The largest absolute Gasteiger partial charge is 0.380 e. The lowest BCUT2D eigenvalue weighted by Gasteiger charge is -2.26. The normalized spacial score (nSPS) is 17.9. The first-order valence-corrected chi connectivity index (χ1v) is 3.70. The Morgan fingerprint density at radius 2 is 2.00 bits per heavy atom. The summed E-state index contributed by atoms with van der Waals surface area (Å²) in [6.45, 7) is 1.34. The van der Waals surface area contributed by atoms with Crippen LogP contribution in [-0.2, 0) is 4.74 Å². The number of benzene rings is 1. The zero-order valence-corrected chi connectivity index (χ0v) is 6.09. The summed E-state index contributed by atoms with van der Waals surface area (Å²) < 4.78 is 18.0. The fraction of sp³-hybridized carbons (Fsp3) is 0.333. The van der Waals surface area contributed by atoms with Crippen LogP contribution in [0.15, 0.2) is 24.3 Å². The van der Waals surface area contributed by atoms with Crippen molar-refractivity contribution in [1.82, 2.24) is 0 Å². The highest BCUT2D eigenvalue weighted by Gasteiger charge is 2.22. The molecule has 0 radical (unpaired) electrons. The maximum absolute atomic E-state index is 13.0. The van der Waals surface area contributed by atoms with E-state index < -0.39 is 0 Å². The van der Waals surface area contributed by atoms with Crippen molar-refractivity contribution in [3.63, 3.8) is 0 Å². The molecular weight excluding hydrogens is 143 g/mol. The molecule has 1 aromatic carbocycles. The van der Waals surface area contributed by atoms with Crippen molar-refractivity contribution in [2.45, 2.75) is 5.92 Å². The molecule has 0 unspecified atom stereocenters. The minimum Gasteiger partial charge on any atom is -0.380 e. The van der Waals surface area contributed by atoms with Crippen LogP contribution >= 0.6 is 0 Å². The fourth-order valence-electron chi connectivity index (χ4n) is 1.22. The van der Waals surface area contributed by atoms with Crippen molar-refractivity contribution in [1.29, 1.82) is 0 Å². The third-order valence-electron chi connectivity index (χ3n) is 1.98. The molecule has 0 atom stereocenters. The fourth-order valence-corrected chi connectivity index (χ4v) is 1.22. The Hall–Kier alpha value is -0.890. The van der Waals surface area contributed by atoms with Crippen molar-refractivity contribution >= 4 is 0 Å². The molecule has 2 rings (SSSR count). The molecule has 11 heavy (non-hydrogen) atoms. The number of hydrogen-bond donors (Lipinski definition) is 0. The van der Waals surface area contributed by atoms with Gasteiger partial charge in [0.25, 0.3) is 0 Å². The molecule has 58 valence electrons. The van der Waals surface area contributed by atoms with Gasteiger partial charge in [0.15, 0.2) is 0 Å². The van der Waals surface area contributed by atoms with Crippen LogP contribution in [0.3, 0.4) is 0 Å². The Balaban J connectivity index is 2.28. The maximum atomic E-state index is 13.0. The molecule has 0 bridgehead atoms. The second kappa shape index (κ2) is 2.62. The van der Waals surface area contributed by atoms with E-state index in [1.165, 1.54) is 6.07 Å². The highest BCUT2D eigenvalue weighted by atomic mass is 19.1. The molecule has 1 fully saturated rings. The molecule has 0 spiro atoms. The average molecular weight is 152 g/mol. The highest BCUT2D eigenvalue weighted by Crippen LogP contribution is 2.25. The van der Waals surface area contributed by atoms with Crippen LogP contribution in [0, 0.1) is 5.82 Å². The van der Waals surface area contributed by atoms with Gasteiger partial charge in [-0.15, -0.1) is 0 Å². The molecule has 0 N–H and O–H groups in total. The lowest BCUT2D eigenvalue weighted by molar-refractivity contribution is 0.00703. The minimum absolute atomic E-state index is 0.110. The SMILES string of the molecule is Fc1ccccc1C1COC1. The Kier molecular flexibility index (Phi) is 1.62. The highest BCUT2D eigenvalue weighted by molar-refractivity contribution is 5.23. The standard InChI is InChI=1S/C9H9FO/c10-9-4-2-1-3-8(9)7-5-11-6-7/h1-4,7H,5-6H2. The number of halogens is 1. The zero-order valence-electron chi connectivity index (χ0n) is 6.09. The third-order valence-corrected chi connectivity index (χ3v) is 1.98. The van der Waals surface area contributed by atoms with E-state index in [4.69, 9.17) is 4.74 Å². The molecule has 1 aromatic rings. The van der Waals surface area contributed by atoms with Gasteiger partial charge < -0.3 is 4.74 Å². The van der Waals surface area contributed by atoms with Gasteiger partial charge >= 0.3 is 0 Å². The van der Waals surface area contributed by atoms with E-state index in [-0.39, 0.29) is 11.7 Å². The van der Waals surface area contributed by atoms with Crippen molar-refractivity contribution in [3.05, 3.63) is 35.6 Å². The molecule has 1 saturated heterocycles. The monoisotopic (exact) mass is 152 g/mol. The van der Waals surface area contributed by atoms with Crippen LogP contribution in [0.25, 0.3) is 0 Å². The predicted molar refractivity (Wildman–Crippen MR) is 40.0 cm³/mol. The van der Waals surface area contributed by atoms with E-state index in [2.05, 4.69) is 0 Å². The maximum Gasteiger partial charge on any atom is 0.126 e. The van der Waals surface area contributed by atoms with Gasteiger partial charge in [-0.3, -0.25) is 0 Å². The first-order valence-electron chi connectivity index (χ1n) is 3.70. The molecule has 1 aliphatic heterocycles. The first-order chi connectivity index (χ1) is 5.38. The molecule has 1 aliphatic rings. The predicted octanol–water partition coefficient (Wildman–Crippen LogP) is 1.94. The van der Waals surface area contributed by atoms with Crippen LogP contribution in [0.2, 0.25) is 0 Å². The van der Waals surface area contributed by atoms with E-state index >= 15 is 0 Å². The van der Waals surface area contributed by atoms with Crippen LogP contribution in [0.4, 0.5) is 4.39 Å². The summed E-state index contributed by atoms with van der Waals surface area (Å²) >= 11 is 0. The van der Waals surface area contributed by atoms with Crippen LogP contribution in [0.1, 0.15) is 11.5 Å². The van der Waals surface area contributed by atoms with Crippen LogP contribution in [-0.4, -0.2) is 13.2 Å². The molecular formula is C9H9FO. The molecule has 0 aromatic heterocycles. The molecule has 1 nitrogen and oxygen atoms in total. The molecule has 0 aliphatic carbocycles. The van der Waals surface area contributed by atoms with Gasteiger partial charge in [0.05, 0.1) is 13.2 Å². The van der Waals surface area contributed by atoms with Gasteiger partial charge in [0.1, 0.15) is 5.82 Å². The zero-order chi connectivity index (χ0) is 7.68. The summed E-state index contributed by atoms with van der Waals surface area (Å²) in [6.07, 6.45) is 0. The molecule has 1 heterocycles. The van der Waals surface area contributed by atoms with Crippen molar-refractivity contribution in [2.75, 3.05) is 13.2 Å². The van der Waals surface area contributed by atoms with E-state index in [0.29, 0.717) is 13.2 Å². The average Bonchev–Trinajstić information content (AvgIpc) is 1.90. The number of ether oxygens (including phenoxy) is 1. The molecule has 0 saturated carbocycles. The lowest BCUT2D eigenvalue weighted by atomic mass is 9.97. The molecule has 0 amide bonds. The summed E-state index contributed by atoms with van der Waals surface area (Å²) in [5.41, 5.74) is 0.791. The van der Waals surface area contributed by atoms with Gasteiger partial charge in [-0.2, -0.15) is 0 Å². The Morgan fingerprint density at radius 1 is 1.27 bits per heavy atom. The molecule has 2 heteroatoms. The van der Waals surface area contributed by atoms with E-state index in [9.17, 15) is 4.39 Å². The van der Waals surface area contributed by atoms with Gasteiger partial charge in [0.2, 0.25) is 0 Å². The topological polar surface area (TPSA) is 9.23 Å². The Bertz CT molecular complexity index is 255. The van der Waals surface area contributed by atoms with Crippen molar-refractivity contribution < 1.29 is 9.13 Å². The van der Waals surface area contributed by atoms with Gasteiger partial charge in [-0.25, -0.2) is 4.39 Å². The summed E-state index contributed by atoms with van der Waals surface area (Å²) in [7, 11) is 0. The number of rotatable bonds is 1. The van der Waals surface area contributed by atoms with E-state index in [1.807, 2.05) is 12.1 Å². The summed E-state index contributed by atoms with van der Waals surface area (Å²) in [4.78, 5) is 0. The second-order valence-electron chi connectivity index (χ2n) is 2.76. The quantitative estimate of drug-likeness (QED) is 0.597. The van der Waals surface area contributed by atoms with Gasteiger partial charge in [0, 0.05) is 5.92 Å². The van der Waals surface area contributed by atoms with Crippen LogP contribution < -0.4 is 0 Å². The Morgan fingerprint density at radius 3 is 2.55 bits per heavy atom. The summed E-state index contributed by atoms with van der Waals surface area (Å²) in [6, 6.07) is 6.88. The second-order valence-corrected chi connectivity index (χ2v) is 2.76. The summed E-state index contributed by atoms with van der Waals surface area (Å²) in [5, 5.41) is 0. The van der Waals surface area contributed by atoms with E-state index in [0.717, 1.165) is 5.56 Å². The minimum atomic E-state index is -0.110. The van der Waals surface area contributed by atoms with Gasteiger partial charge in [-0.1, -0.05) is 18.2 Å². The number of hydrogen-bond acceptors (Lipinski definition) is 1. The van der Waals surface area contributed by atoms with Crippen molar-refractivity contribution in [2.24, 2.45) is 0 Å². The van der Waals surface area contributed by atoms with Crippen LogP contribution in [0.5, 0.6) is 0 Å². The van der Waals surface area contributed by atoms with Gasteiger partial charge in [-0.05, 0) is 11.6 Å². The summed E-state index contributed by atoms with van der Waals surface area (Å²) in [5.74, 6) is 0.178. The van der Waals surface area contributed by atoms with Crippen molar-refractivity contribution in [3.8, 4) is 0 Å². The first kappa shape index (κ1) is 6.80.